The molecular weight excluding hydrogens is 178 g/mol. The van der Waals surface area contributed by atoms with E-state index in [2.05, 4.69) is 13.8 Å². The van der Waals surface area contributed by atoms with Gasteiger partial charge in [-0.05, 0) is 26.0 Å². The number of hydrogen-bond donors (Lipinski definition) is 0. The minimum absolute atomic E-state index is 0.305. The molecule has 70 valence electrons. The van der Waals surface area contributed by atoms with Crippen LogP contribution in [0.1, 0.15) is 20.7 Å². The van der Waals surface area contributed by atoms with Crippen molar-refractivity contribution in [2.75, 3.05) is 0 Å². The summed E-state index contributed by atoms with van der Waals surface area (Å²) >= 11 is 0. The number of imide groups is 1. The third kappa shape index (κ3) is 1.05. The molecule has 3 heteroatoms. The second-order valence-corrected chi connectivity index (χ2v) is 3.18. The van der Waals surface area contributed by atoms with Gasteiger partial charge in [0.1, 0.15) is 0 Å². The van der Waals surface area contributed by atoms with Crippen molar-refractivity contribution in [2.45, 2.75) is 6.04 Å². The summed E-state index contributed by atoms with van der Waals surface area (Å²) < 4.78 is 0. The van der Waals surface area contributed by atoms with E-state index >= 15 is 0 Å². The van der Waals surface area contributed by atoms with Crippen LogP contribution in [-0.4, -0.2) is 22.8 Å². The van der Waals surface area contributed by atoms with Crippen molar-refractivity contribution in [1.82, 2.24) is 4.90 Å². The highest BCUT2D eigenvalue weighted by atomic mass is 16.2. The Morgan fingerprint density at radius 1 is 1.00 bits per heavy atom. The van der Waals surface area contributed by atoms with Crippen molar-refractivity contribution in [1.29, 1.82) is 0 Å². The first-order chi connectivity index (χ1) is 6.63. The lowest BCUT2D eigenvalue weighted by Gasteiger charge is -2.17. The molecule has 3 nitrogen and oxygen atoms in total. The maximum atomic E-state index is 11.7. The maximum Gasteiger partial charge on any atom is 0.261 e. The van der Waals surface area contributed by atoms with Crippen LogP contribution >= 0.6 is 0 Å². The number of nitrogens with zero attached hydrogens (tertiary/aromatic N) is 1. The molecule has 0 saturated heterocycles. The molecule has 0 bridgehead atoms. The van der Waals surface area contributed by atoms with E-state index < -0.39 is 6.04 Å². The van der Waals surface area contributed by atoms with Crippen LogP contribution in [0, 0.1) is 13.8 Å². The number of rotatable bonds is 1. The normalized spacial score (nSPS) is 15.2. The molecule has 1 aromatic carbocycles. The highest BCUT2D eigenvalue weighted by molar-refractivity contribution is 6.21. The smallest absolute Gasteiger partial charge is 0.261 e. The average Bonchev–Trinajstić information content (AvgIpc) is 2.41. The van der Waals surface area contributed by atoms with Crippen molar-refractivity contribution in [3.8, 4) is 0 Å². The van der Waals surface area contributed by atoms with E-state index in [1.165, 1.54) is 0 Å². The predicted octanol–water partition coefficient (Wildman–Crippen LogP) is 1.32. The molecule has 1 aliphatic heterocycles. The molecule has 0 aliphatic carbocycles. The highest BCUT2D eigenvalue weighted by Gasteiger charge is 2.36. The van der Waals surface area contributed by atoms with E-state index in [0.717, 1.165) is 4.90 Å². The first-order valence-electron chi connectivity index (χ1n) is 4.26. The molecule has 2 rings (SSSR count). The van der Waals surface area contributed by atoms with Crippen LogP contribution in [0.15, 0.2) is 24.3 Å². The fourth-order valence-corrected chi connectivity index (χ4v) is 1.54. The quantitative estimate of drug-likeness (QED) is 0.622. The van der Waals surface area contributed by atoms with Gasteiger partial charge in [-0.25, -0.2) is 0 Å². The predicted molar refractivity (Wildman–Crippen MR) is 51.4 cm³/mol. The molecule has 1 aliphatic rings. The van der Waals surface area contributed by atoms with Crippen LogP contribution in [0.25, 0.3) is 0 Å². The maximum absolute atomic E-state index is 11.7. The van der Waals surface area contributed by atoms with Crippen molar-refractivity contribution < 1.29 is 9.59 Å². The van der Waals surface area contributed by atoms with Gasteiger partial charge in [-0.15, -0.1) is 0 Å². The molecule has 0 fully saturated rings. The van der Waals surface area contributed by atoms with Gasteiger partial charge < -0.3 is 0 Å². The molecule has 2 amide bonds. The van der Waals surface area contributed by atoms with Crippen LogP contribution in [0.3, 0.4) is 0 Å². The molecule has 0 N–H and O–H groups in total. The summed E-state index contributed by atoms with van der Waals surface area (Å²) in [6, 6.07) is 6.15. The molecule has 1 heterocycles. The number of carbonyl (C=O) groups is 2. The van der Waals surface area contributed by atoms with E-state index in [4.69, 9.17) is 0 Å². The van der Waals surface area contributed by atoms with Crippen molar-refractivity contribution in [3.05, 3.63) is 49.2 Å². The molecule has 2 radical (unpaired) electrons. The van der Waals surface area contributed by atoms with Crippen LogP contribution in [0.5, 0.6) is 0 Å². The lowest BCUT2D eigenvalue weighted by Crippen LogP contribution is -2.36. The van der Waals surface area contributed by atoms with E-state index in [1.807, 2.05) is 0 Å². The Kier molecular flexibility index (Phi) is 1.88. The van der Waals surface area contributed by atoms with E-state index in [9.17, 15) is 9.59 Å². The molecule has 0 unspecified atom stereocenters. The van der Waals surface area contributed by atoms with Gasteiger partial charge >= 0.3 is 0 Å². The number of hydrogen-bond acceptors (Lipinski definition) is 2. The Bertz CT molecular complexity index is 375. The topological polar surface area (TPSA) is 37.4 Å². The summed E-state index contributed by atoms with van der Waals surface area (Å²) in [7, 11) is 0. The van der Waals surface area contributed by atoms with Gasteiger partial charge in [0.2, 0.25) is 0 Å². The Hall–Kier alpha value is -1.64. The van der Waals surface area contributed by atoms with Gasteiger partial charge in [0.25, 0.3) is 11.8 Å². The molecular formula is C11H9NO2. The fraction of sp³-hybridized carbons (Fsp3) is 0.0909. The molecule has 0 spiro atoms. The highest BCUT2D eigenvalue weighted by Crippen LogP contribution is 2.23. The Morgan fingerprint density at radius 3 is 1.79 bits per heavy atom. The van der Waals surface area contributed by atoms with Gasteiger partial charge in [-0.3, -0.25) is 14.5 Å². The number of benzene rings is 1. The zero-order valence-corrected chi connectivity index (χ0v) is 7.56. The Balaban J connectivity index is 2.54. The molecule has 0 atom stereocenters. The molecule has 0 aromatic heterocycles. The summed E-state index contributed by atoms with van der Waals surface area (Å²) in [5, 5.41) is 0. The van der Waals surface area contributed by atoms with Gasteiger partial charge in [0, 0.05) is 6.04 Å². The monoisotopic (exact) mass is 187 g/mol. The summed E-state index contributed by atoms with van der Waals surface area (Å²) in [4.78, 5) is 24.4. The lowest BCUT2D eigenvalue weighted by molar-refractivity contribution is 0.0637. The number of carbonyl (C=O) groups excluding carboxylic acids is 2. The van der Waals surface area contributed by atoms with Gasteiger partial charge in [0.05, 0.1) is 11.1 Å². The SMILES string of the molecule is [CH2]C([CH2])N1C(=O)c2ccccc2C1=O. The van der Waals surface area contributed by atoms with Crippen LogP contribution in [0.2, 0.25) is 0 Å². The standard InChI is InChI=1S/C11H9NO2/c1-7(2)12-10(13)8-5-3-4-6-9(8)11(12)14/h3-7H,1-2H2. The largest absolute Gasteiger partial charge is 0.271 e. The van der Waals surface area contributed by atoms with Gasteiger partial charge in [-0.2, -0.15) is 0 Å². The summed E-state index contributed by atoms with van der Waals surface area (Å²) in [5.41, 5.74) is 0.879. The van der Waals surface area contributed by atoms with Crippen molar-refractivity contribution >= 4 is 11.8 Å². The van der Waals surface area contributed by atoms with Crippen molar-refractivity contribution in [3.63, 3.8) is 0 Å². The second kappa shape index (κ2) is 2.94. The van der Waals surface area contributed by atoms with E-state index in [-0.39, 0.29) is 11.8 Å². The Morgan fingerprint density at radius 2 is 1.43 bits per heavy atom. The Labute approximate surface area is 82.3 Å². The number of amides is 2. The zero-order valence-electron chi connectivity index (χ0n) is 7.56. The third-order valence-corrected chi connectivity index (χ3v) is 2.19. The third-order valence-electron chi connectivity index (χ3n) is 2.19. The summed E-state index contributed by atoms with van der Waals surface area (Å²) in [6.07, 6.45) is 0. The zero-order chi connectivity index (χ0) is 10.3. The first kappa shape index (κ1) is 8.94. The van der Waals surface area contributed by atoms with E-state index in [0.29, 0.717) is 11.1 Å². The second-order valence-electron chi connectivity index (χ2n) is 3.18. The van der Waals surface area contributed by atoms with E-state index in [1.54, 1.807) is 24.3 Å². The minimum Gasteiger partial charge on any atom is -0.271 e. The first-order valence-corrected chi connectivity index (χ1v) is 4.26. The van der Waals surface area contributed by atoms with Gasteiger partial charge in [-0.1, -0.05) is 12.1 Å². The lowest BCUT2D eigenvalue weighted by atomic mass is 10.1. The van der Waals surface area contributed by atoms with Crippen LogP contribution in [0.4, 0.5) is 0 Å². The summed E-state index contributed by atoms with van der Waals surface area (Å²) in [5.74, 6) is -0.610. The summed E-state index contributed by atoms with van der Waals surface area (Å²) in [6.45, 7) is 7.15. The minimum atomic E-state index is -0.581. The average molecular weight is 187 g/mol. The van der Waals surface area contributed by atoms with Crippen LogP contribution in [-0.2, 0) is 0 Å². The molecule has 0 saturated carbocycles. The van der Waals surface area contributed by atoms with Crippen molar-refractivity contribution in [2.24, 2.45) is 0 Å². The van der Waals surface area contributed by atoms with Gasteiger partial charge in [0.15, 0.2) is 0 Å². The number of fused-ring (bicyclic) bond motifs is 1. The molecule has 1 aromatic rings. The van der Waals surface area contributed by atoms with Crippen LogP contribution < -0.4 is 0 Å². The fourth-order valence-electron chi connectivity index (χ4n) is 1.54. The molecule has 14 heavy (non-hydrogen) atoms.